The van der Waals surface area contributed by atoms with Gasteiger partial charge in [0.15, 0.2) is 17.5 Å². The molecular formula is C40H24N4. The van der Waals surface area contributed by atoms with Crippen molar-refractivity contribution in [2.24, 2.45) is 0 Å². The van der Waals surface area contributed by atoms with Crippen molar-refractivity contribution in [3.63, 3.8) is 0 Å². The molecule has 2 heterocycles. The Labute approximate surface area is 253 Å². The van der Waals surface area contributed by atoms with Crippen LogP contribution in [0.2, 0.25) is 0 Å². The lowest BCUT2D eigenvalue weighted by atomic mass is 10.0. The molecule has 2 aromatic heterocycles. The number of hydrogen-bond donors (Lipinski definition) is 0. The normalized spacial score (nSPS) is 11.6. The molecule has 0 radical (unpaired) electrons. The van der Waals surface area contributed by atoms with Gasteiger partial charge in [-0.1, -0.05) is 84.9 Å². The van der Waals surface area contributed by atoms with Crippen LogP contribution in [0.25, 0.3) is 88.0 Å². The van der Waals surface area contributed by atoms with E-state index >= 15 is 0 Å². The third kappa shape index (κ3) is 4.24. The third-order valence-electron chi connectivity index (χ3n) is 8.46. The Morgan fingerprint density at radius 1 is 0.295 bits per heavy atom. The summed E-state index contributed by atoms with van der Waals surface area (Å²) in [5.41, 5.74) is 2.84. The van der Waals surface area contributed by atoms with Crippen molar-refractivity contribution >= 4 is 53.9 Å². The van der Waals surface area contributed by atoms with Gasteiger partial charge in [-0.3, -0.25) is 4.98 Å². The summed E-state index contributed by atoms with van der Waals surface area (Å²) < 4.78 is 0. The summed E-state index contributed by atoms with van der Waals surface area (Å²) in [6.45, 7) is 0. The number of aromatic nitrogens is 4. The van der Waals surface area contributed by atoms with Crippen molar-refractivity contribution in [3.8, 4) is 34.2 Å². The lowest BCUT2D eigenvalue weighted by Crippen LogP contribution is -2.00. The van der Waals surface area contributed by atoms with Gasteiger partial charge in [-0.15, -0.1) is 0 Å². The standard InChI is InChI=1S/C40H24N4/c1-3-7-27-20-36-22-33(11-9-29(36)17-25(27)5-1)39-42-38(32-13-14-35-24-41-16-15-31(35)19-32)43-40(44-39)34-12-10-30-18-26-6-2-4-8-28(26)21-37(30)23-34/h1-24H. The fraction of sp³-hybridized carbons (Fsp3) is 0. The monoisotopic (exact) mass is 560 g/mol. The molecule has 0 spiro atoms. The van der Waals surface area contributed by atoms with Crippen LogP contribution < -0.4 is 0 Å². The van der Waals surface area contributed by atoms with E-state index < -0.39 is 0 Å². The highest BCUT2D eigenvalue weighted by atomic mass is 15.0. The molecule has 0 aliphatic heterocycles. The van der Waals surface area contributed by atoms with E-state index in [-0.39, 0.29) is 0 Å². The van der Waals surface area contributed by atoms with E-state index in [1.54, 1.807) is 0 Å². The topological polar surface area (TPSA) is 51.6 Å². The van der Waals surface area contributed by atoms with E-state index in [2.05, 4.69) is 132 Å². The summed E-state index contributed by atoms with van der Waals surface area (Å²) in [7, 11) is 0. The molecule has 7 aromatic carbocycles. The van der Waals surface area contributed by atoms with Crippen LogP contribution in [0.4, 0.5) is 0 Å². The zero-order valence-corrected chi connectivity index (χ0v) is 23.6. The van der Waals surface area contributed by atoms with E-state index in [0.29, 0.717) is 17.5 Å². The van der Waals surface area contributed by atoms with Crippen molar-refractivity contribution in [1.82, 2.24) is 19.9 Å². The Morgan fingerprint density at radius 2 is 0.659 bits per heavy atom. The molecule has 0 aliphatic carbocycles. The lowest BCUT2D eigenvalue weighted by molar-refractivity contribution is 1.08. The maximum Gasteiger partial charge on any atom is 0.164 e. The minimum absolute atomic E-state index is 0.640. The first-order valence-corrected chi connectivity index (χ1v) is 14.7. The highest BCUT2D eigenvalue weighted by molar-refractivity contribution is 6.01. The van der Waals surface area contributed by atoms with E-state index in [9.17, 15) is 0 Å². The Balaban J connectivity index is 1.24. The number of nitrogens with zero attached hydrogens (tertiary/aromatic N) is 4. The minimum atomic E-state index is 0.640. The van der Waals surface area contributed by atoms with Crippen molar-refractivity contribution in [2.45, 2.75) is 0 Å². The van der Waals surface area contributed by atoms with Gasteiger partial charge in [-0.05, 0) is 97.0 Å². The van der Waals surface area contributed by atoms with Crippen LogP contribution in [0.1, 0.15) is 0 Å². The SMILES string of the molecule is c1ccc2cc3cc(-c4nc(-c5ccc6cnccc6c5)nc(-c5ccc6cc7ccccc7cc6c5)n4)ccc3cc2c1. The van der Waals surface area contributed by atoms with Gasteiger partial charge in [-0.25, -0.2) is 15.0 Å². The number of benzene rings is 7. The molecule has 0 bridgehead atoms. The van der Waals surface area contributed by atoms with Crippen LogP contribution in [-0.4, -0.2) is 19.9 Å². The first-order chi connectivity index (χ1) is 21.7. The summed E-state index contributed by atoms with van der Waals surface area (Å²) in [5, 5.41) is 11.7. The second-order valence-electron chi connectivity index (χ2n) is 11.3. The summed E-state index contributed by atoms with van der Waals surface area (Å²) >= 11 is 0. The largest absolute Gasteiger partial charge is 0.264 e. The second kappa shape index (κ2) is 9.79. The van der Waals surface area contributed by atoms with Gasteiger partial charge in [0.05, 0.1) is 0 Å². The predicted molar refractivity (Wildman–Crippen MR) is 181 cm³/mol. The van der Waals surface area contributed by atoms with Gasteiger partial charge in [0, 0.05) is 34.5 Å². The maximum atomic E-state index is 5.07. The van der Waals surface area contributed by atoms with Crippen molar-refractivity contribution in [2.75, 3.05) is 0 Å². The zero-order valence-electron chi connectivity index (χ0n) is 23.6. The lowest BCUT2D eigenvalue weighted by Gasteiger charge is -2.11. The average Bonchev–Trinajstić information content (AvgIpc) is 3.09. The number of hydrogen-bond acceptors (Lipinski definition) is 4. The van der Waals surface area contributed by atoms with E-state index in [0.717, 1.165) is 38.2 Å². The smallest absolute Gasteiger partial charge is 0.164 e. The fourth-order valence-corrected chi connectivity index (χ4v) is 6.14. The summed E-state index contributed by atoms with van der Waals surface area (Å²) in [6.07, 6.45) is 3.69. The van der Waals surface area contributed by atoms with Gasteiger partial charge in [-0.2, -0.15) is 0 Å². The van der Waals surface area contributed by atoms with Crippen LogP contribution in [0.15, 0.2) is 146 Å². The maximum absolute atomic E-state index is 5.07. The number of fused-ring (bicyclic) bond motifs is 5. The minimum Gasteiger partial charge on any atom is -0.264 e. The van der Waals surface area contributed by atoms with Crippen molar-refractivity contribution in [1.29, 1.82) is 0 Å². The first-order valence-electron chi connectivity index (χ1n) is 14.7. The summed E-state index contributed by atoms with van der Waals surface area (Å²) in [5.74, 6) is 1.93. The van der Waals surface area contributed by atoms with Gasteiger partial charge in [0.2, 0.25) is 0 Å². The summed E-state index contributed by atoms with van der Waals surface area (Å²) in [6, 6.07) is 47.0. The van der Waals surface area contributed by atoms with Crippen LogP contribution in [0.3, 0.4) is 0 Å². The Hall–Kier alpha value is -6.00. The molecule has 0 saturated carbocycles. The molecule has 0 unspecified atom stereocenters. The van der Waals surface area contributed by atoms with Gasteiger partial charge < -0.3 is 0 Å². The highest BCUT2D eigenvalue weighted by Gasteiger charge is 2.14. The van der Waals surface area contributed by atoms with E-state index in [1.165, 1.54) is 32.3 Å². The van der Waals surface area contributed by atoms with Crippen LogP contribution >= 0.6 is 0 Å². The van der Waals surface area contributed by atoms with Crippen LogP contribution in [-0.2, 0) is 0 Å². The number of rotatable bonds is 3. The molecule has 0 fully saturated rings. The fourth-order valence-electron chi connectivity index (χ4n) is 6.14. The summed E-state index contributed by atoms with van der Waals surface area (Å²) in [4.78, 5) is 19.4. The van der Waals surface area contributed by atoms with Crippen LogP contribution in [0, 0.1) is 0 Å². The van der Waals surface area contributed by atoms with Crippen LogP contribution in [0.5, 0.6) is 0 Å². The zero-order chi connectivity index (χ0) is 29.0. The second-order valence-corrected chi connectivity index (χ2v) is 11.3. The molecule has 204 valence electrons. The van der Waals surface area contributed by atoms with E-state index in [1.807, 2.05) is 18.5 Å². The molecule has 4 nitrogen and oxygen atoms in total. The molecule has 0 amide bonds. The molecule has 9 rings (SSSR count). The Morgan fingerprint density at radius 3 is 1.14 bits per heavy atom. The van der Waals surface area contributed by atoms with Gasteiger partial charge in [0.25, 0.3) is 0 Å². The third-order valence-corrected chi connectivity index (χ3v) is 8.46. The molecule has 0 N–H and O–H groups in total. The van der Waals surface area contributed by atoms with Crippen molar-refractivity contribution in [3.05, 3.63) is 146 Å². The molecule has 4 heteroatoms. The highest BCUT2D eigenvalue weighted by Crippen LogP contribution is 2.32. The first kappa shape index (κ1) is 24.6. The molecule has 0 atom stereocenters. The predicted octanol–water partition coefficient (Wildman–Crippen LogP) is 10.0. The molecule has 9 aromatic rings. The van der Waals surface area contributed by atoms with Crippen molar-refractivity contribution < 1.29 is 0 Å². The Kier molecular flexibility index (Phi) is 5.47. The molecule has 44 heavy (non-hydrogen) atoms. The molecule has 0 saturated heterocycles. The average molecular weight is 561 g/mol. The quantitative estimate of drug-likeness (QED) is 0.202. The van der Waals surface area contributed by atoms with Gasteiger partial charge >= 0.3 is 0 Å². The number of pyridine rings is 1. The molecule has 0 aliphatic rings. The van der Waals surface area contributed by atoms with E-state index in [4.69, 9.17) is 15.0 Å². The molecular weight excluding hydrogens is 536 g/mol. The van der Waals surface area contributed by atoms with Gasteiger partial charge in [0.1, 0.15) is 0 Å². The Bertz CT molecular complexity index is 2430.